The summed E-state index contributed by atoms with van der Waals surface area (Å²) in [5, 5.41) is 6.42. The molecule has 3 nitrogen and oxygen atoms in total. The van der Waals surface area contributed by atoms with Crippen LogP contribution in [0.25, 0.3) is 0 Å². The van der Waals surface area contributed by atoms with E-state index in [1.165, 1.54) is 44.9 Å². The summed E-state index contributed by atoms with van der Waals surface area (Å²) in [7, 11) is 0. The average Bonchev–Trinajstić information content (AvgIpc) is 2.38. The van der Waals surface area contributed by atoms with Crippen LogP contribution in [-0.4, -0.2) is 25.0 Å². The van der Waals surface area contributed by atoms with Crippen molar-refractivity contribution in [1.29, 1.82) is 0 Å². The summed E-state index contributed by atoms with van der Waals surface area (Å²) in [6.07, 6.45) is 10.1. The van der Waals surface area contributed by atoms with Crippen LogP contribution < -0.4 is 10.6 Å². The summed E-state index contributed by atoms with van der Waals surface area (Å²) >= 11 is 0. The van der Waals surface area contributed by atoms with Crippen molar-refractivity contribution in [3.63, 3.8) is 0 Å². The molecule has 1 atom stereocenters. The second kappa shape index (κ2) is 7.93. The van der Waals surface area contributed by atoms with Gasteiger partial charge in [-0.3, -0.25) is 4.79 Å². The zero-order chi connectivity index (χ0) is 11.2. The fourth-order valence-corrected chi connectivity index (χ4v) is 2.84. The zero-order valence-electron chi connectivity index (χ0n) is 10.5. The van der Waals surface area contributed by atoms with Gasteiger partial charge in [-0.05, 0) is 38.1 Å². The molecule has 2 rings (SSSR count). The molecule has 1 amide bonds. The highest BCUT2D eigenvalue weighted by Crippen LogP contribution is 2.22. The molecule has 0 bridgehead atoms. The third kappa shape index (κ3) is 4.84. The van der Waals surface area contributed by atoms with Crippen molar-refractivity contribution in [3.05, 3.63) is 0 Å². The number of rotatable bonds is 3. The Morgan fingerprint density at radius 2 is 1.76 bits per heavy atom. The predicted octanol–water partition coefficient (Wildman–Crippen LogP) is 2.25. The molecule has 17 heavy (non-hydrogen) atoms. The van der Waals surface area contributed by atoms with E-state index in [0.717, 1.165) is 25.4 Å². The lowest BCUT2D eigenvalue weighted by molar-refractivity contribution is -0.123. The standard InChI is InChI=1S/C13H24N2O.ClH/c16-13(12-8-4-5-9-14-12)15-10-11-6-2-1-3-7-11;/h11-12,14H,1-10H2,(H,15,16);1H/t12-;/m1./s1. The fraction of sp³-hybridized carbons (Fsp3) is 0.923. The van der Waals surface area contributed by atoms with Crippen molar-refractivity contribution in [3.8, 4) is 0 Å². The topological polar surface area (TPSA) is 41.1 Å². The van der Waals surface area contributed by atoms with Crippen LogP contribution in [0.2, 0.25) is 0 Å². The molecule has 0 aromatic heterocycles. The molecule has 2 N–H and O–H groups in total. The number of hydrogen-bond acceptors (Lipinski definition) is 2. The van der Waals surface area contributed by atoms with Gasteiger partial charge in [0.15, 0.2) is 0 Å². The van der Waals surface area contributed by atoms with E-state index in [2.05, 4.69) is 10.6 Å². The normalized spacial score (nSPS) is 26.0. The first kappa shape index (κ1) is 14.8. The number of carbonyl (C=O) groups is 1. The average molecular weight is 261 g/mol. The van der Waals surface area contributed by atoms with Gasteiger partial charge < -0.3 is 10.6 Å². The monoisotopic (exact) mass is 260 g/mol. The molecule has 1 aliphatic carbocycles. The van der Waals surface area contributed by atoms with Gasteiger partial charge in [-0.2, -0.15) is 0 Å². The summed E-state index contributed by atoms with van der Waals surface area (Å²) in [6, 6.07) is 0.0809. The maximum absolute atomic E-state index is 11.9. The van der Waals surface area contributed by atoms with Gasteiger partial charge in [-0.15, -0.1) is 12.4 Å². The van der Waals surface area contributed by atoms with Crippen LogP contribution in [0, 0.1) is 5.92 Å². The van der Waals surface area contributed by atoms with Crippen LogP contribution in [0.15, 0.2) is 0 Å². The van der Waals surface area contributed by atoms with E-state index >= 15 is 0 Å². The maximum atomic E-state index is 11.9. The molecule has 1 saturated carbocycles. The molecule has 0 radical (unpaired) electrons. The first-order valence-corrected chi connectivity index (χ1v) is 6.87. The van der Waals surface area contributed by atoms with E-state index < -0.39 is 0 Å². The van der Waals surface area contributed by atoms with E-state index in [-0.39, 0.29) is 24.4 Å². The van der Waals surface area contributed by atoms with E-state index in [1.807, 2.05) is 0 Å². The van der Waals surface area contributed by atoms with Crippen molar-refractivity contribution in [1.82, 2.24) is 10.6 Å². The van der Waals surface area contributed by atoms with Gasteiger partial charge in [-0.1, -0.05) is 25.7 Å². The van der Waals surface area contributed by atoms with Gasteiger partial charge in [0, 0.05) is 6.54 Å². The third-order valence-electron chi connectivity index (χ3n) is 3.92. The minimum Gasteiger partial charge on any atom is -0.354 e. The third-order valence-corrected chi connectivity index (χ3v) is 3.92. The second-order valence-electron chi connectivity index (χ2n) is 5.25. The number of halogens is 1. The molecular weight excluding hydrogens is 236 g/mol. The van der Waals surface area contributed by atoms with E-state index in [4.69, 9.17) is 0 Å². The van der Waals surface area contributed by atoms with Crippen molar-refractivity contribution in [2.75, 3.05) is 13.1 Å². The Balaban J connectivity index is 0.00000144. The molecule has 0 spiro atoms. The number of amides is 1. The molecular formula is C13H25ClN2O. The summed E-state index contributed by atoms with van der Waals surface area (Å²) in [5.74, 6) is 0.964. The lowest BCUT2D eigenvalue weighted by atomic mass is 9.89. The number of nitrogens with one attached hydrogen (secondary N) is 2. The molecule has 1 saturated heterocycles. The summed E-state index contributed by atoms with van der Waals surface area (Å²) in [4.78, 5) is 11.9. The van der Waals surface area contributed by atoms with Crippen molar-refractivity contribution in [2.45, 2.75) is 57.4 Å². The van der Waals surface area contributed by atoms with Crippen LogP contribution in [0.4, 0.5) is 0 Å². The Kier molecular flexibility index (Phi) is 6.90. The van der Waals surface area contributed by atoms with Crippen molar-refractivity contribution >= 4 is 18.3 Å². The van der Waals surface area contributed by atoms with Gasteiger partial charge in [0.25, 0.3) is 0 Å². The quantitative estimate of drug-likeness (QED) is 0.817. The number of piperidine rings is 1. The van der Waals surface area contributed by atoms with Crippen molar-refractivity contribution in [2.24, 2.45) is 5.92 Å². The Morgan fingerprint density at radius 1 is 1.06 bits per heavy atom. The minimum atomic E-state index is 0. The number of hydrogen-bond donors (Lipinski definition) is 2. The highest BCUT2D eigenvalue weighted by molar-refractivity contribution is 5.85. The van der Waals surface area contributed by atoms with E-state index in [9.17, 15) is 4.79 Å². The van der Waals surface area contributed by atoms with Gasteiger partial charge in [-0.25, -0.2) is 0 Å². The summed E-state index contributed by atoms with van der Waals surface area (Å²) in [5.41, 5.74) is 0. The van der Waals surface area contributed by atoms with Crippen LogP contribution in [0.1, 0.15) is 51.4 Å². The Morgan fingerprint density at radius 3 is 2.41 bits per heavy atom. The molecule has 100 valence electrons. The summed E-state index contributed by atoms with van der Waals surface area (Å²) in [6.45, 7) is 1.90. The Labute approximate surface area is 111 Å². The lowest BCUT2D eigenvalue weighted by Gasteiger charge is -2.25. The van der Waals surface area contributed by atoms with Crippen LogP contribution >= 0.6 is 12.4 Å². The largest absolute Gasteiger partial charge is 0.354 e. The molecule has 4 heteroatoms. The van der Waals surface area contributed by atoms with E-state index in [0.29, 0.717) is 0 Å². The SMILES string of the molecule is Cl.O=C(NCC1CCCCC1)[C@H]1CCCCN1. The second-order valence-corrected chi connectivity index (χ2v) is 5.25. The smallest absolute Gasteiger partial charge is 0.237 e. The zero-order valence-corrected chi connectivity index (χ0v) is 11.4. The molecule has 0 aromatic carbocycles. The van der Waals surface area contributed by atoms with Gasteiger partial charge in [0.05, 0.1) is 6.04 Å². The molecule has 2 fully saturated rings. The number of carbonyl (C=O) groups excluding carboxylic acids is 1. The van der Waals surface area contributed by atoms with Crippen LogP contribution in [-0.2, 0) is 4.79 Å². The molecule has 1 heterocycles. The van der Waals surface area contributed by atoms with Gasteiger partial charge >= 0.3 is 0 Å². The first-order chi connectivity index (χ1) is 7.86. The molecule has 0 aromatic rings. The first-order valence-electron chi connectivity index (χ1n) is 6.87. The predicted molar refractivity (Wildman–Crippen MR) is 72.5 cm³/mol. The highest BCUT2D eigenvalue weighted by Gasteiger charge is 2.21. The lowest BCUT2D eigenvalue weighted by Crippen LogP contribution is -2.47. The fourth-order valence-electron chi connectivity index (χ4n) is 2.84. The Bertz CT molecular complexity index is 223. The minimum absolute atomic E-state index is 0. The maximum Gasteiger partial charge on any atom is 0.237 e. The molecule has 0 unspecified atom stereocenters. The van der Waals surface area contributed by atoms with Crippen LogP contribution in [0.3, 0.4) is 0 Å². The van der Waals surface area contributed by atoms with E-state index in [1.54, 1.807) is 0 Å². The molecule has 1 aliphatic heterocycles. The highest BCUT2D eigenvalue weighted by atomic mass is 35.5. The molecule has 2 aliphatic rings. The summed E-state index contributed by atoms with van der Waals surface area (Å²) < 4.78 is 0. The van der Waals surface area contributed by atoms with Gasteiger partial charge in [0.1, 0.15) is 0 Å². The van der Waals surface area contributed by atoms with Gasteiger partial charge in [0.2, 0.25) is 5.91 Å². The van der Waals surface area contributed by atoms with Crippen molar-refractivity contribution < 1.29 is 4.79 Å². The van der Waals surface area contributed by atoms with Crippen LogP contribution in [0.5, 0.6) is 0 Å². The Hall–Kier alpha value is -0.280.